The number of rotatable bonds is 21. The van der Waals surface area contributed by atoms with Crippen molar-refractivity contribution in [3.63, 3.8) is 0 Å². The summed E-state index contributed by atoms with van der Waals surface area (Å²) in [6.07, 6.45) is 2.12. The second-order valence-electron chi connectivity index (χ2n) is 16.3. The average Bonchev–Trinajstić information content (AvgIpc) is 2.90. The Morgan fingerprint density at radius 2 is 0.733 bits per heavy atom. The highest BCUT2D eigenvalue weighted by molar-refractivity contribution is 6.72. The number of hydrogen-bond acceptors (Lipinski definition) is 9. The predicted molar refractivity (Wildman–Crippen MR) is 201 cm³/mol. The highest BCUT2D eigenvalue weighted by Gasteiger charge is 3.46. The molecule has 8 atom stereocenters. The Hall–Kier alpha value is 1.38. The molecule has 0 aromatic carbocycles. The van der Waals surface area contributed by atoms with Crippen molar-refractivity contribution in [2.24, 2.45) is 0 Å². The molecule has 0 radical (unpaired) electrons. The third-order valence-corrected chi connectivity index (χ3v) is 22.0. The van der Waals surface area contributed by atoms with Crippen molar-refractivity contribution in [2.75, 3.05) is 7.11 Å². The van der Waals surface area contributed by atoms with Gasteiger partial charge < -0.3 is 39.8 Å². The van der Waals surface area contributed by atoms with Crippen LogP contribution in [0.25, 0.3) is 0 Å². The maximum atomic E-state index is 7.90. The van der Waals surface area contributed by atoms with Gasteiger partial charge in [-0.3, -0.25) is 0 Å². The van der Waals surface area contributed by atoms with Crippen molar-refractivity contribution in [1.82, 2.24) is 0 Å². The lowest BCUT2D eigenvalue weighted by molar-refractivity contribution is -0.836. The normalized spacial score (nSPS) is 45.1. The van der Waals surface area contributed by atoms with Gasteiger partial charge in [0.15, 0.2) is 109 Å². The first kappa shape index (κ1) is 37.6. The average molecular weight is 769 g/mol. The first-order chi connectivity index (χ1) is 20.8. The molecule has 0 aromatic heterocycles. The molecule has 6 fully saturated rings. The summed E-state index contributed by atoms with van der Waals surface area (Å²) in [5, 5.41) is 0. The van der Waals surface area contributed by atoms with Crippen LogP contribution in [0.4, 0.5) is 0 Å². The van der Waals surface area contributed by atoms with E-state index in [1.807, 2.05) is 0 Å². The zero-order valence-corrected chi connectivity index (χ0v) is 41.0. The lowest BCUT2D eigenvalue weighted by atomic mass is 8.87. The molecule has 17 heteroatoms. The molecule has 8 unspecified atom stereocenters. The molecule has 0 N–H and O–H groups in total. The van der Waals surface area contributed by atoms with Gasteiger partial charge in [0.1, 0.15) is 0 Å². The summed E-state index contributed by atoms with van der Waals surface area (Å²) >= 11 is 0. The van der Waals surface area contributed by atoms with Crippen LogP contribution in [0.1, 0.15) is 26.7 Å². The molecule has 0 bridgehead atoms. The van der Waals surface area contributed by atoms with Gasteiger partial charge in [0.25, 0.3) is 0 Å². The van der Waals surface area contributed by atoms with E-state index in [0.717, 1.165) is 24.9 Å². The predicted octanol–water partition coefficient (Wildman–Crippen LogP) is 3.04. The third-order valence-electron chi connectivity index (χ3n) is 11.3. The van der Waals surface area contributed by atoms with E-state index < -0.39 is 117 Å². The van der Waals surface area contributed by atoms with Crippen LogP contribution in [0.3, 0.4) is 0 Å². The fourth-order valence-corrected chi connectivity index (χ4v) is 23.4. The minimum Gasteiger partial charge on any atom is -0.410 e. The Labute approximate surface area is 287 Å². The molecule has 0 aromatic rings. The monoisotopic (exact) mass is 768 g/mol. The largest absolute Gasteiger partial charge is 0.410 e. The van der Waals surface area contributed by atoms with Crippen LogP contribution in [0.15, 0.2) is 0 Å². The topological polar surface area (TPSA) is 83.1 Å². The van der Waals surface area contributed by atoms with Crippen molar-refractivity contribution < 1.29 is 39.8 Å². The van der Waals surface area contributed by atoms with Crippen LogP contribution in [-0.2, 0) is 39.8 Å². The first-order valence-electron chi connectivity index (χ1n) is 17.7. The summed E-state index contributed by atoms with van der Waals surface area (Å²) in [7, 11) is -11.7. The molecule has 6 aliphatic rings. The Bertz CT molecular complexity index is 1190. The van der Waals surface area contributed by atoms with Crippen LogP contribution >= 0.6 is 0 Å². The second kappa shape index (κ2) is 10.9. The lowest BCUT2D eigenvalue weighted by Gasteiger charge is -3.24. The number of hydrogen-bond donors (Lipinski definition) is 0. The summed E-state index contributed by atoms with van der Waals surface area (Å²) in [4.78, 5) is 0. The summed E-state index contributed by atoms with van der Waals surface area (Å²) in [5.74, 6) is 0. The van der Waals surface area contributed by atoms with Gasteiger partial charge in [0.2, 0.25) is 0 Å². The van der Waals surface area contributed by atoms with E-state index >= 15 is 0 Å². The Kier molecular flexibility index (Phi) is 9.15. The van der Waals surface area contributed by atoms with Gasteiger partial charge in [0.05, 0.1) is 0 Å². The molecular weight excluding hydrogens is 705 g/mol. The van der Waals surface area contributed by atoms with E-state index in [2.05, 4.69) is 99.0 Å². The zero-order valence-electron chi connectivity index (χ0n) is 31.3. The van der Waals surface area contributed by atoms with E-state index in [4.69, 9.17) is 39.8 Å². The Balaban J connectivity index is 1.94. The molecule has 0 saturated heterocycles. The van der Waals surface area contributed by atoms with Gasteiger partial charge in [0, 0.05) is 7.11 Å². The Morgan fingerprint density at radius 3 is 0.978 bits per heavy atom. The van der Waals surface area contributed by atoms with Crippen molar-refractivity contribution in [3.8, 4) is 0 Å². The maximum Gasteiger partial charge on any atom is 0.332 e. The smallest absolute Gasteiger partial charge is 0.332 e. The summed E-state index contributed by atoms with van der Waals surface area (Å²) in [6, 6.07) is 2.06. The molecule has 0 heterocycles. The minimum absolute atomic E-state index is 0.832. The van der Waals surface area contributed by atoms with E-state index in [1.165, 1.54) is 0 Å². The maximum absolute atomic E-state index is 7.90. The minimum atomic E-state index is -2.74. The van der Waals surface area contributed by atoms with E-state index in [-0.39, 0.29) is 0 Å². The quantitative estimate of drug-likeness (QED) is 0.164. The van der Waals surface area contributed by atoms with Crippen LogP contribution in [0.2, 0.25) is 97.2 Å². The fourth-order valence-electron chi connectivity index (χ4n) is 11.5. The molecular formula is C28H64O9Si8. The van der Waals surface area contributed by atoms with Gasteiger partial charge in [-0.05, 0) is 71.0 Å². The van der Waals surface area contributed by atoms with Gasteiger partial charge in [-0.1, -0.05) is 52.9 Å². The second-order valence-corrected chi connectivity index (χ2v) is 36.1. The van der Waals surface area contributed by atoms with Gasteiger partial charge in [-0.15, -0.1) is 0 Å². The fraction of sp³-hybridized carbons (Fsp3) is 1.00. The van der Waals surface area contributed by atoms with Gasteiger partial charge in [-0.2, -0.15) is 0 Å². The third kappa shape index (κ3) is 3.32. The van der Waals surface area contributed by atoms with E-state index in [1.54, 1.807) is 7.11 Å². The van der Waals surface area contributed by atoms with Crippen molar-refractivity contribution in [2.45, 2.75) is 169 Å². The van der Waals surface area contributed by atoms with E-state index in [0.29, 0.717) is 0 Å². The molecule has 6 rings (SSSR count). The van der Waals surface area contributed by atoms with Gasteiger partial charge in [-0.25, -0.2) is 0 Å². The highest BCUT2D eigenvalue weighted by Crippen LogP contribution is 3.16. The molecule has 0 amide bonds. The summed E-state index contributed by atoms with van der Waals surface area (Å²) < 4.78 is 66.8. The lowest BCUT2D eigenvalue weighted by Crippen LogP contribution is -3.53. The zero-order chi connectivity index (χ0) is 34.0. The highest BCUT2D eigenvalue weighted by atomic mass is 28.4. The van der Waals surface area contributed by atoms with Crippen LogP contribution in [0, 0.1) is 0 Å². The standard InChI is InChI=1S/C28H64O9Si8/c1-17-19-43(11,12)35-26-22(31-39-5)21(30-38-4)24(33-41-7)23(22,32-40-6)27(26,36-44(13,14)20-18-2)28(24,37-45(15,16)29-3)25(21,26)34-42(8,9)10/h17-20,38-41H2,1-16H3. The van der Waals surface area contributed by atoms with Crippen LogP contribution in [-0.4, -0.2) is 124 Å². The van der Waals surface area contributed by atoms with Crippen molar-refractivity contribution >= 4 is 72.6 Å². The molecule has 9 nitrogen and oxygen atoms in total. The molecule has 6 saturated carbocycles. The Morgan fingerprint density at radius 1 is 0.444 bits per heavy atom. The molecule has 0 spiro atoms. The molecule has 262 valence electrons. The van der Waals surface area contributed by atoms with Crippen LogP contribution in [0.5, 0.6) is 0 Å². The van der Waals surface area contributed by atoms with Crippen LogP contribution < -0.4 is 0 Å². The molecule has 45 heavy (non-hydrogen) atoms. The summed E-state index contributed by atoms with van der Waals surface area (Å²) in [6.45, 7) is 33.9. The molecule has 0 aliphatic heterocycles. The SMILES string of the molecule is CCC[Si](C)(C)OC12C3(O[SiH2]C)C4(O[SiH2]C)C5(O[SiH2]C)C3(O[SiH2]C)C1(O[Si](C)(C)CCC)C5(O[Si](C)(C)OC)C42O[Si](C)(C)C. The first-order valence-corrected chi connectivity index (χ1v) is 38.1. The summed E-state index contributed by atoms with van der Waals surface area (Å²) in [5.41, 5.74) is -7.11. The molecule has 6 aliphatic carbocycles. The van der Waals surface area contributed by atoms with E-state index in [9.17, 15) is 0 Å². The van der Waals surface area contributed by atoms with Gasteiger partial charge >= 0.3 is 8.56 Å². The van der Waals surface area contributed by atoms with Crippen molar-refractivity contribution in [1.29, 1.82) is 0 Å². The van der Waals surface area contributed by atoms with Crippen molar-refractivity contribution in [3.05, 3.63) is 0 Å².